The van der Waals surface area contributed by atoms with Gasteiger partial charge in [0.2, 0.25) is 11.8 Å². The highest BCUT2D eigenvalue weighted by molar-refractivity contribution is 7.99. The predicted molar refractivity (Wildman–Crippen MR) is 135 cm³/mol. The fourth-order valence-electron chi connectivity index (χ4n) is 3.84. The first kappa shape index (κ1) is 22.2. The average molecular weight is 490 g/mol. The molecule has 170 valence electrons. The van der Waals surface area contributed by atoms with E-state index >= 15 is 0 Å². The first-order chi connectivity index (χ1) is 16.5. The third-order valence-electron chi connectivity index (χ3n) is 5.49. The SMILES string of the molecule is Cc1ccccc1-n1c(SCC(=O)N2CC(=O)Nc3ccccc32)nnc1-c1ccc(Cl)cc1. The maximum atomic E-state index is 13.2. The molecule has 0 aliphatic carbocycles. The van der Waals surface area contributed by atoms with Gasteiger partial charge in [0.25, 0.3) is 0 Å². The number of nitrogens with one attached hydrogen (secondary N) is 1. The van der Waals surface area contributed by atoms with Crippen LogP contribution in [-0.4, -0.2) is 38.9 Å². The van der Waals surface area contributed by atoms with Crippen LogP contribution in [0, 0.1) is 6.92 Å². The summed E-state index contributed by atoms with van der Waals surface area (Å²) in [6, 6.07) is 22.6. The van der Waals surface area contributed by atoms with Crippen LogP contribution in [-0.2, 0) is 9.59 Å². The molecule has 34 heavy (non-hydrogen) atoms. The Morgan fingerprint density at radius 2 is 1.71 bits per heavy atom. The second-order valence-corrected chi connectivity index (χ2v) is 9.15. The molecule has 1 N–H and O–H groups in total. The van der Waals surface area contributed by atoms with Crippen LogP contribution in [0.3, 0.4) is 0 Å². The Hall–Kier alpha value is -3.62. The van der Waals surface area contributed by atoms with Crippen molar-refractivity contribution in [3.63, 3.8) is 0 Å². The predicted octanol–water partition coefficient (Wildman–Crippen LogP) is 4.97. The van der Waals surface area contributed by atoms with Gasteiger partial charge < -0.3 is 10.2 Å². The van der Waals surface area contributed by atoms with Crippen LogP contribution in [0.2, 0.25) is 5.02 Å². The van der Waals surface area contributed by atoms with Gasteiger partial charge in [0.15, 0.2) is 11.0 Å². The number of nitrogens with zero attached hydrogens (tertiary/aromatic N) is 4. The first-order valence-corrected chi connectivity index (χ1v) is 12.0. The minimum atomic E-state index is -0.217. The molecular formula is C25H20ClN5O2S. The lowest BCUT2D eigenvalue weighted by atomic mass is 10.1. The molecule has 0 saturated carbocycles. The minimum absolute atomic E-state index is 0.0169. The maximum Gasteiger partial charge on any atom is 0.244 e. The van der Waals surface area contributed by atoms with Gasteiger partial charge in [-0.15, -0.1) is 10.2 Å². The van der Waals surface area contributed by atoms with Crippen LogP contribution >= 0.6 is 23.4 Å². The van der Waals surface area contributed by atoms with E-state index in [1.54, 1.807) is 6.07 Å². The van der Waals surface area contributed by atoms with E-state index in [1.807, 2.05) is 78.2 Å². The lowest BCUT2D eigenvalue weighted by Gasteiger charge is -2.29. The van der Waals surface area contributed by atoms with Gasteiger partial charge in [-0.05, 0) is 55.0 Å². The second kappa shape index (κ2) is 9.32. The number of carbonyl (C=O) groups excluding carboxylic acids is 2. The Kier molecular flexibility index (Phi) is 6.08. The van der Waals surface area contributed by atoms with Crippen molar-refractivity contribution in [3.8, 4) is 17.1 Å². The third-order valence-corrected chi connectivity index (χ3v) is 6.65. The number of para-hydroxylation sites is 3. The molecule has 3 aromatic carbocycles. The van der Waals surface area contributed by atoms with Crippen LogP contribution in [0.4, 0.5) is 11.4 Å². The van der Waals surface area contributed by atoms with Crippen molar-refractivity contribution in [2.24, 2.45) is 0 Å². The van der Waals surface area contributed by atoms with Crippen molar-refractivity contribution < 1.29 is 9.59 Å². The van der Waals surface area contributed by atoms with Gasteiger partial charge in [-0.3, -0.25) is 14.2 Å². The molecule has 9 heteroatoms. The van der Waals surface area contributed by atoms with E-state index in [4.69, 9.17) is 11.6 Å². The number of anilines is 2. The standard InChI is InChI=1S/C25H20ClN5O2S/c1-16-6-2-4-8-20(16)31-24(17-10-12-18(26)13-11-17)28-29-25(31)34-15-23(33)30-14-22(32)27-19-7-3-5-9-21(19)30/h2-13H,14-15H2,1H3,(H,27,32). The van der Waals surface area contributed by atoms with Crippen LogP contribution in [0.25, 0.3) is 17.1 Å². The Morgan fingerprint density at radius 3 is 2.47 bits per heavy atom. The first-order valence-electron chi connectivity index (χ1n) is 10.6. The Balaban J connectivity index is 1.47. The van der Waals surface area contributed by atoms with Gasteiger partial charge in [0.1, 0.15) is 6.54 Å². The molecule has 0 fully saturated rings. The average Bonchev–Trinajstić information content (AvgIpc) is 3.26. The van der Waals surface area contributed by atoms with Crippen molar-refractivity contribution in [2.75, 3.05) is 22.5 Å². The van der Waals surface area contributed by atoms with Crippen molar-refractivity contribution in [2.45, 2.75) is 12.1 Å². The van der Waals surface area contributed by atoms with E-state index in [0.717, 1.165) is 16.8 Å². The summed E-state index contributed by atoms with van der Waals surface area (Å²) in [6.45, 7) is 2.00. The van der Waals surface area contributed by atoms with Crippen molar-refractivity contribution in [3.05, 3.63) is 83.4 Å². The van der Waals surface area contributed by atoms with Crippen LogP contribution < -0.4 is 10.2 Å². The number of benzene rings is 3. The van der Waals surface area contributed by atoms with Gasteiger partial charge in [-0.1, -0.05) is 53.7 Å². The molecule has 2 amide bonds. The number of fused-ring (bicyclic) bond motifs is 1. The monoisotopic (exact) mass is 489 g/mol. The molecule has 1 aliphatic rings. The highest BCUT2D eigenvalue weighted by atomic mass is 35.5. The lowest BCUT2D eigenvalue weighted by molar-refractivity contribution is -0.120. The van der Waals surface area contributed by atoms with Crippen molar-refractivity contribution in [1.29, 1.82) is 0 Å². The summed E-state index contributed by atoms with van der Waals surface area (Å²) < 4.78 is 1.95. The summed E-state index contributed by atoms with van der Waals surface area (Å²) >= 11 is 7.36. The van der Waals surface area contributed by atoms with Gasteiger partial charge in [0, 0.05) is 10.6 Å². The fraction of sp³-hybridized carbons (Fsp3) is 0.120. The molecule has 2 heterocycles. The quantitative estimate of drug-likeness (QED) is 0.400. The molecule has 0 bridgehead atoms. The van der Waals surface area contributed by atoms with Crippen LogP contribution in [0.15, 0.2) is 78.0 Å². The minimum Gasteiger partial charge on any atom is -0.323 e. The molecule has 0 spiro atoms. The Morgan fingerprint density at radius 1 is 1.00 bits per heavy atom. The Labute approximate surface area is 205 Å². The smallest absolute Gasteiger partial charge is 0.244 e. The van der Waals surface area contributed by atoms with E-state index in [-0.39, 0.29) is 24.1 Å². The number of halogens is 1. The second-order valence-electron chi connectivity index (χ2n) is 7.77. The van der Waals surface area contributed by atoms with Gasteiger partial charge in [0.05, 0.1) is 22.8 Å². The highest BCUT2D eigenvalue weighted by Gasteiger charge is 2.27. The zero-order valence-corrected chi connectivity index (χ0v) is 19.8. The van der Waals surface area contributed by atoms with E-state index < -0.39 is 0 Å². The summed E-state index contributed by atoms with van der Waals surface area (Å²) in [6.07, 6.45) is 0. The molecule has 0 radical (unpaired) electrons. The number of hydrogen-bond acceptors (Lipinski definition) is 5. The van der Waals surface area contributed by atoms with Crippen molar-refractivity contribution in [1.82, 2.24) is 14.8 Å². The summed E-state index contributed by atoms with van der Waals surface area (Å²) in [5.41, 5.74) is 4.16. The van der Waals surface area contributed by atoms with Crippen LogP contribution in [0.1, 0.15) is 5.56 Å². The molecule has 0 unspecified atom stereocenters. The van der Waals surface area contributed by atoms with Crippen molar-refractivity contribution >= 4 is 46.6 Å². The normalized spacial score (nSPS) is 12.9. The van der Waals surface area contributed by atoms with E-state index in [9.17, 15) is 9.59 Å². The fourth-order valence-corrected chi connectivity index (χ4v) is 4.79. The Bertz CT molecular complexity index is 1390. The van der Waals surface area contributed by atoms with Gasteiger partial charge in [-0.25, -0.2) is 0 Å². The molecule has 1 aliphatic heterocycles. The van der Waals surface area contributed by atoms with Gasteiger partial charge >= 0.3 is 0 Å². The number of carbonyl (C=O) groups is 2. The lowest BCUT2D eigenvalue weighted by Crippen LogP contribution is -2.43. The largest absolute Gasteiger partial charge is 0.323 e. The number of aromatic nitrogens is 3. The van der Waals surface area contributed by atoms with Crippen LogP contribution in [0.5, 0.6) is 0 Å². The van der Waals surface area contributed by atoms with E-state index in [1.165, 1.54) is 16.7 Å². The highest BCUT2D eigenvalue weighted by Crippen LogP contribution is 2.32. The zero-order chi connectivity index (χ0) is 23.7. The summed E-state index contributed by atoms with van der Waals surface area (Å²) in [5.74, 6) is 0.361. The van der Waals surface area contributed by atoms with E-state index in [0.29, 0.717) is 27.4 Å². The third kappa shape index (κ3) is 4.30. The number of amides is 2. The number of thioether (sulfide) groups is 1. The molecular weight excluding hydrogens is 470 g/mol. The number of hydrogen-bond donors (Lipinski definition) is 1. The number of rotatable bonds is 5. The zero-order valence-electron chi connectivity index (χ0n) is 18.2. The number of aryl methyl sites for hydroxylation is 1. The topological polar surface area (TPSA) is 80.1 Å². The summed E-state index contributed by atoms with van der Waals surface area (Å²) in [5, 5.41) is 12.9. The molecule has 0 atom stereocenters. The van der Waals surface area contributed by atoms with E-state index in [2.05, 4.69) is 15.5 Å². The summed E-state index contributed by atoms with van der Waals surface area (Å²) in [4.78, 5) is 26.8. The summed E-state index contributed by atoms with van der Waals surface area (Å²) in [7, 11) is 0. The molecule has 0 saturated heterocycles. The maximum absolute atomic E-state index is 13.2. The molecule has 4 aromatic rings. The molecule has 5 rings (SSSR count). The van der Waals surface area contributed by atoms with Gasteiger partial charge in [-0.2, -0.15) is 0 Å². The molecule has 7 nitrogen and oxygen atoms in total. The molecule has 1 aromatic heterocycles.